The fourth-order valence-electron chi connectivity index (χ4n) is 3.24. The molecule has 0 bridgehead atoms. The Kier molecular flexibility index (Phi) is 14.6. The Bertz CT molecular complexity index is 641. The first kappa shape index (κ1) is 30.8. The normalized spacial score (nSPS) is 15.9. The maximum absolute atomic E-state index is 13.1. The molecule has 0 spiro atoms. The molecule has 10 heteroatoms. The molecule has 0 fully saturated rings. The molecular formula is C23H45N5O5. The highest BCUT2D eigenvalue weighted by Gasteiger charge is 2.33. The average molecular weight is 472 g/mol. The molecule has 0 aromatic heterocycles. The second kappa shape index (κ2) is 15.6. The summed E-state index contributed by atoms with van der Waals surface area (Å²) in [4.78, 5) is 50.1. The van der Waals surface area contributed by atoms with Crippen molar-refractivity contribution in [3.8, 4) is 0 Å². The van der Waals surface area contributed by atoms with Crippen LogP contribution in [0.5, 0.6) is 0 Å². The minimum absolute atomic E-state index is 0.0985. The first-order valence-corrected chi connectivity index (χ1v) is 11.9. The zero-order valence-electron chi connectivity index (χ0n) is 21.0. The van der Waals surface area contributed by atoms with Crippen LogP contribution in [0.15, 0.2) is 0 Å². The molecule has 0 aromatic carbocycles. The van der Waals surface area contributed by atoms with E-state index >= 15 is 0 Å². The summed E-state index contributed by atoms with van der Waals surface area (Å²) in [5.74, 6) is -2.87. The first-order valence-electron chi connectivity index (χ1n) is 11.9. The van der Waals surface area contributed by atoms with Crippen molar-refractivity contribution < 1.29 is 24.3 Å². The summed E-state index contributed by atoms with van der Waals surface area (Å²) in [5.41, 5.74) is 11.4. The van der Waals surface area contributed by atoms with Gasteiger partial charge in [0.1, 0.15) is 18.1 Å². The number of hydrogen-bond acceptors (Lipinski definition) is 6. The van der Waals surface area contributed by atoms with Crippen molar-refractivity contribution in [3.05, 3.63) is 0 Å². The summed E-state index contributed by atoms with van der Waals surface area (Å²) in [5, 5.41) is 17.5. The number of unbranched alkanes of at least 4 members (excludes halogenated alkanes) is 1. The minimum Gasteiger partial charge on any atom is -0.480 e. The average Bonchev–Trinajstić information content (AvgIpc) is 2.74. The molecule has 0 rings (SSSR count). The number of aliphatic carboxylic acids is 1. The highest BCUT2D eigenvalue weighted by Crippen LogP contribution is 2.12. The molecule has 0 saturated carbocycles. The van der Waals surface area contributed by atoms with Gasteiger partial charge in [-0.2, -0.15) is 0 Å². The summed E-state index contributed by atoms with van der Waals surface area (Å²) >= 11 is 0. The zero-order valence-corrected chi connectivity index (χ0v) is 21.0. The third-order valence-electron chi connectivity index (χ3n) is 5.72. The van der Waals surface area contributed by atoms with Crippen LogP contribution in [0.4, 0.5) is 0 Å². The van der Waals surface area contributed by atoms with Crippen molar-refractivity contribution >= 4 is 23.7 Å². The molecule has 0 aliphatic heterocycles. The van der Waals surface area contributed by atoms with Crippen molar-refractivity contribution in [2.45, 2.75) is 97.8 Å². The number of hydrogen-bond donors (Lipinski definition) is 6. The van der Waals surface area contributed by atoms with E-state index in [2.05, 4.69) is 16.0 Å². The minimum atomic E-state index is -1.14. The van der Waals surface area contributed by atoms with Crippen LogP contribution < -0.4 is 27.4 Å². The Morgan fingerprint density at radius 2 is 1.42 bits per heavy atom. The van der Waals surface area contributed by atoms with Gasteiger partial charge < -0.3 is 32.5 Å². The lowest BCUT2D eigenvalue weighted by molar-refractivity contribution is -0.143. The molecule has 0 aromatic rings. The number of rotatable bonds is 16. The van der Waals surface area contributed by atoms with E-state index in [0.29, 0.717) is 32.2 Å². The van der Waals surface area contributed by atoms with Gasteiger partial charge in [0.2, 0.25) is 17.7 Å². The third kappa shape index (κ3) is 11.5. The quantitative estimate of drug-likeness (QED) is 0.180. The Morgan fingerprint density at radius 3 is 1.88 bits per heavy atom. The van der Waals surface area contributed by atoms with Crippen LogP contribution in [0, 0.1) is 17.8 Å². The molecule has 0 heterocycles. The molecule has 3 amide bonds. The molecule has 192 valence electrons. The van der Waals surface area contributed by atoms with E-state index in [0.717, 1.165) is 0 Å². The lowest BCUT2D eigenvalue weighted by atomic mass is 9.96. The van der Waals surface area contributed by atoms with Crippen molar-refractivity contribution in [1.82, 2.24) is 16.0 Å². The molecule has 8 N–H and O–H groups in total. The summed E-state index contributed by atoms with van der Waals surface area (Å²) in [6, 6.07) is -3.63. The molecular weight excluding hydrogens is 426 g/mol. The van der Waals surface area contributed by atoms with Gasteiger partial charge >= 0.3 is 5.97 Å². The van der Waals surface area contributed by atoms with Gasteiger partial charge in [-0.1, -0.05) is 48.0 Å². The van der Waals surface area contributed by atoms with Crippen LogP contribution in [0.3, 0.4) is 0 Å². The van der Waals surface area contributed by atoms with Crippen LogP contribution in [0.2, 0.25) is 0 Å². The van der Waals surface area contributed by atoms with Crippen LogP contribution in [-0.2, 0) is 19.2 Å². The van der Waals surface area contributed by atoms with Crippen molar-refractivity contribution in [2.24, 2.45) is 29.2 Å². The van der Waals surface area contributed by atoms with Crippen LogP contribution >= 0.6 is 0 Å². The predicted octanol–water partition coefficient (Wildman–Crippen LogP) is 0.730. The van der Waals surface area contributed by atoms with E-state index in [-0.39, 0.29) is 24.2 Å². The second-order valence-electron chi connectivity index (χ2n) is 9.52. The van der Waals surface area contributed by atoms with E-state index in [4.69, 9.17) is 11.5 Å². The van der Waals surface area contributed by atoms with Gasteiger partial charge in [0, 0.05) is 0 Å². The second-order valence-corrected chi connectivity index (χ2v) is 9.52. The number of carboxylic acids is 1. The third-order valence-corrected chi connectivity index (χ3v) is 5.72. The standard InChI is InChI=1S/C23H45N5O5/c1-7-15(6)19(22(31)26-16(23(32)33)10-8-9-11-24)28-20(29)17(12-13(2)3)27-21(30)18(25)14(4)5/h13-19H,7-12,24-25H2,1-6H3,(H,26,31)(H,27,30)(H,28,29)(H,32,33). The molecule has 5 unspecified atom stereocenters. The molecule has 0 radical (unpaired) electrons. The van der Waals surface area contributed by atoms with E-state index in [1.165, 1.54) is 0 Å². The Morgan fingerprint density at radius 1 is 0.848 bits per heavy atom. The Balaban J connectivity index is 5.51. The van der Waals surface area contributed by atoms with Gasteiger partial charge in [-0.15, -0.1) is 0 Å². The summed E-state index contributed by atoms with van der Waals surface area (Å²) < 4.78 is 0. The van der Waals surface area contributed by atoms with E-state index in [9.17, 15) is 24.3 Å². The number of carbonyl (C=O) groups is 4. The van der Waals surface area contributed by atoms with Gasteiger partial charge in [-0.25, -0.2) is 4.79 Å². The highest BCUT2D eigenvalue weighted by atomic mass is 16.4. The monoisotopic (exact) mass is 471 g/mol. The highest BCUT2D eigenvalue weighted by molar-refractivity contribution is 5.94. The summed E-state index contributed by atoms with van der Waals surface area (Å²) in [7, 11) is 0. The lowest BCUT2D eigenvalue weighted by Gasteiger charge is -2.29. The fourth-order valence-corrected chi connectivity index (χ4v) is 3.24. The largest absolute Gasteiger partial charge is 0.480 e. The van der Waals surface area contributed by atoms with Gasteiger partial charge in [0.25, 0.3) is 0 Å². The number of nitrogens with two attached hydrogens (primary N) is 2. The van der Waals surface area contributed by atoms with E-state index in [1.54, 1.807) is 6.92 Å². The lowest BCUT2D eigenvalue weighted by Crippen LogP contribution is -2.59. The number of carbonyl (C=O) groups excluding carboxylic acids is 3. The Labute approximate surface area is 198 Å². The van der Waals surface area contributed by atoms with E-state index < -0.39 is 47.9 Å². The number of nitrogens with one attached hydrogen (secondary N) is 3. The van der Waals surface area contributed by atoms with Crippen molar-refractivity contribution in [2.75, 3.05) is 6.54 Å². The fraction of sp³-hybridized carbons (Fsp3) is 0.826. The zero-order chi connectivity index (χ0) is 25.7. The van der Waals surface area contributed by atoms with Gasteiger partial charge in [0.15, 0.2) is 0 Å². The molecule has 0 saturated heterocycles. The van der Waals surface area contributed by atoms with Crippen LogP contribution in [0.1, 0.15) is 73.6 Å². The number of amides is 3. The Hall–Kier alpha value is -2.20. The SMILES string of the molecule is CCC(C)C(NC(=O)C(CC(C)C)NC(=O)C(N)C(C)C)C(=O)NC(CCCCN)C(=O)O. The van der Waals surface area contributed by atoms with Crippen LogP contribution in [0.25, 0.3) is 0 Å². The smallest absolute Gasteiger partial charge is 0.326 e. The van der Waals surface area contributed by atoms with Crippen molar-refractivity contribution in [1.29, 1.82) is 0 Å². The summed E-state index contributed by atoms with van der Waals surface area (Å²) in [6.45, 7) is 11.6. The maximum Gasteiger partial charge on any atom is 0.326 e. The van der Waals surface area contributed by atoms with Crippen molar-refractivity contribution in [3.63, 3.8) is 0 Å². The maximum atomic E-state index is 13.1. The van der Waals surface area contributed by atoms with Gasteiger partial charge in [-0.3, -0.25) is 14.4 Å². The summed E-state index contributed by atoms with van der Waals surface area (Å²) in [6.07, 6.45) is 2.42. The molecule has 0 aliphatic carbocycles. The predicted molar refractivity (Wildman–Crippen MR) is 128 cm³/mol. The van der Waals surface area contributed by atoms with E-state index in [1.807, 2.05) is 34.6 Å². The molecule has 10 nitrogen and oxygen atoms in total. The van der Waals surface area contributed by atoms with Crippen LogP contribution in [-0.4, -0.2) is 59.5 Å². The molecule has 5 atom stereocenters. The number of carboxylic acid groups (broad SMARTS) is 1. The molecule has 33 heavy (non-hydrogen) atoms. The first-order chi connectivity index (χ1) is 15.3. The molecule has 0 aliphatic rings. The van der Waals surface area contributed by atoms with Gasteiger partial charge in [-0.05, 0) is 50.0 Å². The topological polar surface area (TPSA) is 177 Å². The van der Waals surface area contributed by atoms with Gasteiger partial charge in [0.05, 0.1) is 6.04 Å².